The van der Waals surface area contributed by atoms with Crippen molar-refractivity contribution in [3.63, 3.8) is 0 Å². The molecule has 1 heterocycles. The fraction of sp³-hybridized carbons (Fsp3) is 0.625. The number of esters is 1. The van der Waals surface area contributed by atoms with Crippen LogP contribution >= 0.6 is 0 Å². The lowest BCUT2D eigenvalue weighted by Crippen LogP contribution is -2.54. The Morgan fingerprint density at radius 3 is 2.43 bits per heavy atom. The van der Waals surface area contributed by atoms with Gasteiger partial charge in [0, 0.05) is 29.7 Å². The molecule has 4 atom stereocenters. The van der Waals surface area contributed by atoms with Crippen molar-refractivity contribution in [3.05, 3.63) is 48.8 Å². The first kappa shape index (κ1) is 21.0. The van der Waals surface area contributed by atoms with Gasteiger partial charge in [0.05, 0.1) is 0 Å². The van der Waals surface area contributed by atoms with E-state index in [1.54, 1.807) is 33.9 Å². The van der Waals surface area contributed by atoms with Crippen LogP contribution in [0.15, 0.2) is 15.7 Å². The second kappa shape index (κ2) is 6.64. The molecular formula is C24H30O6. The number of methoxy groups -OCH3 is 1. The number of fused-ring (bicyclic) bond motifs is 1. The summed E-state index contributed by atoms with van der Waals surface area (Å²) in [4.78, 5) is 39.2. The summed E-state index contributed by atoms with van der Waals surface area (Å²) in [7, 11) is 1.54. The lowest BCUT2D eigenvalue weighted by molar-refractivity contribution is -0.149. The number of aryl methyl sites for hydroxylation is 1. The molecule has 2 bridgehead atoms. The van der Waals surface area contributed by atoms with Crippen LogP contribution in [0.1, 0.15) is 81.2 Å². The minimum atomic E-state index is -1.04. The van der Waals surface area contributed by atoms with E-state index in [-0.39, 0.29) is 40.1 Å². The van der Waals surface area contributed by atoms with E-state index in [9.17, 15) is 19.5 Å². The zero-order valence-electron chi connectivity index (χ0n) is 18.5. The third kappa shape index (κ3) is 2.49. The molecule has 3 aliphatic rings. The van der Waals surface area contributed by atoms with E-state index in [1.807, 2.05) is 0 Å². The maximum absolute atomic E-state index is 13.4. The molecule has 1 saturated heterocycles. The van der Waals surface area contributed by atoms with Gasteiger partial charge in [0.25, 0.3) is 0 Å². The van der Waals surface area contributed by atoms with Crippen LogP contribution in [-0.4, -0.2) is 24.3 Å². The smallest absolute Gasteiger partial charge is 0.317 e. The summed E-state index contributed by atoms with van der Waals surface area (Å²) in [5.41, 5.74) is -1.28. The Morgan fingerprint density at radius 1 is 1.17 bits per heavy atom. The Balaban J connectivity index is 2.25. The molecule has 2 fully saturated rings. The van der Waals surface area contributed by atoms with Gasteiger partial charge >= 0.3 is 5.97 Å². The highest BCUT2D eigenvalue weighted by Gasteiger charge is 2.70. The average Bonchev–Trinajstić information content (AvgIpc) is 2.90. The standard InChI is InChI=1S/C24H30O6/c1-11(2)14-17(26)15-13(10-12(3)16(25)18(14)27)19(29-6)20-21-23(4,5)8-7-9-24(15,21)22(28)30-20/h10-11,19-21,26H,7-9H2,1-6H3/t19-,20+,21?,24-/m0/s1. The maximum Gasteiger partial charge on any atom is 0.317 e. The molecule has 0 amide bonds. The number of aromatic hydroxyl groups is 1. The van der Waals surface area contributed by atoms with Crippen LogP contribution in [0.5, 0.6) is 5.75 Å². The van der Waals surface area contributed by atoms with Crippen molar-refractivity contribution in [2.75, 3.05) is 7.11 Å². The molecule has 6 heteroatoms. The van der Waals surface area contributed by atoms with Crippen molar-refractivity contribution in [1.29, 1.82) is 0 Å². The van der Waals surface area contributed by atoms with Crippen LogP contribution in [0.25, 0.3) is 0 Å². The number of rotatable bonds is 2. The fourth-order valence-corrected chi connectivity index (χ4v) is 6.39. The number of carbonyl (C=O) groups is 1. The molecule has 30 heavy (non-hydrogen) atoms. The molecule has 1 aliphatic heterocycles. The van der Waals surface area contributed by atoms with Gasteiger partial charge in [-0.15, -0.1) is 0 Å². The number of carbonyl (C=O) groups excluding carboxylic acids is 1. The van der Waals surface area contributed by atoms with E-state index in [1.165, 1.54) is 0 Å². The van der Waals surface area contributed by atoms with Gasteiger partial charge in [0.2, 0.25) is 10.9 Å². The Labute approximate surface area is 176 Å². The van der Waals surface area contributed by atoms with Gasteiger partial charge in [-0.1, -0.05) is 34.1 Å². The van der Waals surface area contributed by atoms with E-state index in [0.29, 0.717) is 17.5 Å². The highest BCUT2D eigenvalue weighted by Crippen LogP contribution is 2.65. The zero-order chi connectivity index (χ0) is 22.2. The molecule has 0 aromatic heterocycles. The molecule has 0 spiro atoms. The van der Waals surface area contributed by atoms with Gasteiger partial charge in [-0.2, -0.15) is 0 Å². The summed E-state index contributed by atoms with van der Waals surface area (Å²) < 4.78 is 11.7. The number of ether oxygens (including phenoxy) is 2. The monoisotopic (exact) mass is 414 g/mol. The second-order valence-electron chi connectivity index (χ2n) is 10.1. The topological polar surface area (TPSA) is 89.9 Å². The Morgan fingerprint density at radius 2 is 1.83 bits per heavy atom. The molecule has 2 aliphatic carbocycles. The number of hydrogen-bond acceptors (Lipinski definition) is 6. The quantitative estimate of drug-likeness (QED) is 0.590. The van der Waals surface area contributed by atoms with Crippen LogP contribution in [0.3, 0.4) is 0 Å². The molecule has 162 valence electrons. The van der Waals surface area contributed by atoms with Crippen LogP contribution in [0, 0.1) is 18.3 Å². The van der Waals surface area contributed by atoms with Crippen molar-refractivity contribution < 1.29 is 19.4 Å². The van der Waals surface area contributed by atoms with E-state index >= 15 is 0 Å². The largest absolute Gasteiger partial charge is 0.507 e. The fourth-order valence-electron chi connectivity index (χ4n) is 6.39. The lowest BCUT2D eigenvalue weighted by atomic mass is 9.49. The Bertz CT molecular complexity index is 1060. The number of hydrogen-bond donors (Lipinski definition) is 1. The summed E-state index contributed by atoms with van der Waals surface area (Å²) in [5, 5.41) is 11.5. The van der Waals surface area contributed by atoms with Crippen LogP contribution in [-0.2, 0) is 19.7 Å². The van der Waals surface area contributed by atoms with Gasteiger partial charge in [-0.25, -0.2) is 0 Å². The van der Waals surface area contributed by atoms with Gasteiger partial charge in [0.1, 0.15) is 23.4 Å². The maximum atomic E-state index is 13.4. The third-order valence-electron chi connectivity index (χ3n) is 7.54. The molecule has 1 aromatic carbocycles. The van der Waals surface area contributed by atoms with Gasteiger partial charge in [-0.3, -0.25) is 14.4 Å². The highest BCUT2D eigenvalue weighted by atomic mass is 16.6. The van der Waals surface area contributed by atoms with E-state index in [0.717, 1.165) is 12.8 Å². The third-order valence-corrected chi connectivity index (χ3v) is 7.54. The van der Waals surface area contributed by atoms with Crippen LogP contribution < -0.4 is 10.9 Å². The lowest BCUT2D eigenvalue weighted by Gasteiger charge is -2.51. The normalized spacial score (nSPS) is 31.2. The molecule has 0 radical (unpaired) electrons. The first-order valence-corrected chi connectivity index (χ1v) is 10.7. The van der Waals surface area contributed by atoms with Crippen molar-refractivity contribution >= 4 is 5.97 Å². The molecule has 4 rings (SSSR count). The van der Waals surface area contributed by atoms with Crippen molar-refractivity contribution in [3.8, 4) is 5.75 Å². The van der Waals surface area contributed by atoms with Crippen LogP contribution in [0.2, 0.25) is 0 Å². The predicted molar refractivity (Wildman–Crippen MR) is 112 cm³/mol. The first-order chi connectivity index (χ1) is 14.0. The second-order valence-corrected chi connectivity index (χ2v) is 10.1. The Kier molecular flexibility index (Phi) is 4.66. The zero-order valence-corrected chi connectivity index (χ0v) is 18.5. The van der Waals surface area contributed by atoms with Crippen molar-refractivity contribution in [1.82, 2.24) is 0 Å². The summed E-state index contributed by atoms with van der Waals surface area (Å²) in [6.45, 7) is 9.38. The summed E-state index contributed by atoms with van der Waals surface area (Å²) in [6.07, 6.45) is 1.16. The van der Waals surface area contributed by atoms with E-state index in [4.69, 9.17) is 9.47 Å². The highest BCUT2D eigenvalue weighted by molar-refractivity contribution is 5.89. The summed E-state index contributed by atoms with van der Waals surface area (Å²) >= 11 is 0. The van der Waals surface area contributed by atoms with Crippen molar-refractivity contribution in [2.24, 2.45) is 11.3 Å². The molecule has 6 nitrogen and oxygen atoms in total. The van der Waals surface area contributed by atoms with Gasteiger partial charge < -0.3 is 14.6 Å². The van der Waals surface area contributed by atoms with E-state index in [2.05, 4.69) is 13.8 Å². The van der Waals surface area contributed by atoms with E-state index < -0.39 is 28.5 Å². The molecule has 1 saturated carbocycles. The summed E-state index contributed by atoms with van der Waals surface area (Å²) in [5.74, 6) is -1.19. The minimum Gasteiger partial charge on any atom is -0.507 e. The molecule has 1 unspecified atom stereocenters. The first-order valence-electron chi connectivity index (χ1n) is 10.7. The predicted octanol–water partition coefficient (Wildman–Crippen LogP) is 3.24. The average molecular weight is 414 g/mol. The molecular weight excluding hydrogens is 384 g/mol. The molecule has 1 aromatic rings. The molecule has 1 N–H and O–H groups in total. The van der Waals surface area contributed by atoms with Gasteiger partial charge in [0.15, 0.2) is 0 Å². The van der Waals surface area contributed by atoms with Crippen molar-refractivity contribution in [2.45, 2.75) is 77.4 Å². The Hall–Kier alpha value is -2.21. The minimum absolute atomic E-state index is 0.0597. The van der Waals surface area contributed by atoms with Gasteiger partial charge in [-0.05, 0) is 42.7 Å². The SMILES string of the molecule is CO[C@H]1c2cc(C)c(=O)c(=O)c(C(C)C)c(O)c2[C@@]23CCCC(C)(C)C2[C@@H]1OC3=O. The summed E-state index contributed by atoms with van der Waals surface area (Å²) in [6, 6.07) is 1.62. The van der Waals surface area contributed by atoms with Crippen LogP contribution in [0.4, 0.5) is 0 Å².